The highest BCUT2D eigenvalue weighted by atomic mass is 19.1. The predicted molar refractivity (Wildman–Crippen MR) is 103 cm³/mol. The second-order valence-corrected chi connectivity index (χ2v) is 6.84. The summed E-state index contributed by atoms with van der Waals surface area (Å²) in [5, 5.41) is 6.34. The lowest BCUT2D eigenvalue weighted by molar-refractivity contribution is -0.119. The molecule has 31 heavy (non-hydrogen) atoms. The largest absolute Gasteiger partial charge is 0.442 e. The van der Waals surface area contributed by atoms with Gasteiger partial charge in [-0.05, 0) is 29.8 Å². The lowest BCUT2D eigenvalue weighted by Crippen LogP contribution is -2.33. The summed E-state index contributed by atoms with van der Waals surface area (Å²) in [6, 6.07) is 5.63. The van der Waals surface area contributed by atoms with Gasteiger partial charge in [0.05, 0.1) is 24.3 Å². The number of nitrogens with zero attached hydrogens (tertiary/aromatic N) is 4. The quantitative estimate of drug-likeness (QED) is 0.671. The molecule has 0 aliphatic carbocycles. The number of cyclic esters (lactones) is 1. The van der Waals surface area contributed by atoms with E-state index >= 15 is 0 Å². The summed E-state index contributed by atoms with van der Waals surface area (Å²) in [4.78, 5) is 27.9. The van der Waals surface area contributed by atoms with Crippen molar-refractivity contribution in [3.05, 3.63) is 60.4 Å². The Morgan fingerprint density at radius 3 is 2.55 bits per heavy atom. The van der Waals surface area contributed by atoms with E-state index in [0.717, 1.165) is 23.1 Å². The molecule has 8 nitrogen and oxygen atoms in total. The highest BCUT2D eigenvalue weighted by Gasteiger charge is 2.33. The number of halogens is 3. The number of anilines is 1. The van der Waals surface area contributed by atoms with Gasteiger partial charge in [0, 0.05) is 6.92 Å². The highest BCUT2D eigenvalue weighted by molar-refractivity contribution is 5.90. The number of nitrogens with one attached hydrogen (secondary N) is 1. The molecule has 11 heteroatoms. The lowest BCUT2D eigenvalue weighted by atomic mass is 10.0. The van der Waals surface area contributed by atoms with Gasteiger partial charge in [0.1, 0.15) is 41.9 Å². The molecule has 1 aromatic heterocycles. The van der Waals surface area contributed by atoms with Crippen molar-refractivity contribution in [2.75, 3.05) is 18.0 Å². The maximum absolute atomic E-state index is 14.8. The minimum Gasteiger partial charge on any atom is -0.442 e. The van der Waals surface area contributed by atoms with Crippen molar-refractivity contribution in [3.63, 3.8) is 0 Å². The van der Waals surface area contributed by atoms with E-state index in [4.69, 9.17) is 4.74 Å². The Morgan fingerprint density at radius 2 is 1.94 bits per heavy atom. The SMILES string of the molecule is CC(=O)NC[C@H]1CN(c2cc(F)c(-c3ccc(-n4cncn4)c(F)c3)c(F)c2)C(=O)O1. The van der Waals surface area contributed by atoms with Gasteiger partial charge in [0.15, 0.2) is 0 Å². The van der Waals surface area contributed by atoms with Gasteiger partial charge in [-0.3, -0.25) is 9.69 Å². The van der Waals surface area contributed by atoms with Crippen molar-refractivity contribution in [2.24, 2.45) is 0 Å². The number of carbonyl (C=O) groups excluding carboxylic acids is 2. The standard InChI is InChI=1S/C20H16F3N5O3/c1-11(29)25-7-14-8-27(20(30)31-14)13-5-16(22)19(17(23)6-13)12-2-3-18(15(21)4-12)28-10-24-9-26-28/h2-6,9-10,14H,7-8H2,1H3,(H,25,29)/t14-/m0/s1. The smallest absolute Gasteiger partial charge is 0.414 e. The molecule has 1 atom stereocenters. The van der Waals surface area contributed by atoms with Gasteiger partial charge in [-0.2, -0.15) is 5.10 Å². The number of hydrogen-bond acceptors (Lipinski definition) is 5. The van der Waals surface area contributed by atoms with Crippen molar-refractivity contribution < 1.29 is 27.5 Å². The van der Waals surface area contributed by atoms with Gasteiger partial charge in [0.25, 0.3) is 0 Å². The van der Waals surface area contributed by atoms with Gasteiger partial charge in [-0.1, -0.05) is 6.07 Å². The zero-order valence-electron chi connectivity index (χ0n) is 16.2. The van der Waals surface area contributed by atoms with Crippen LogP contribution in [0.5, 0.6) is 0 Å². The first-order chi connectivity index (χ1) is 14.8. The van der Waals surface area contributed by atoms with Crippen LogP contribution < -0.4 is 10.2 Å². The van der Waals surface area contributed by atoms with Crippen molar-refractivity contribution in [2.45, 2.75) is 13.0 Å². The number of aromatic nitrogens is 3. The Bertz CT molecular complexity index is 1130. The maximum atomic E-state index is 14.8. The summed E-state index contributed by atoms with van der Waals surface area (Å²) in [6.45, 7) is 1.41. The minimum absolute atomic E-state index is 0.0125. The summed E-state index contributed by atoms with van der Waals surface area (Å²) in [6.07, 6.45) is 1.09. The predicted octanol–water partition coefficient (Wildman–Crippen LogP) is 2.81. The number of ether oxygens (including phenoxy) is 1. The average molecular weight is 431 g/mol. The molecule has 1 N–H and O–H groups in total. The van der Waals surface area contributed by atoms with Crippen LogP contribution >= 0.6 is 0 Å². The molecule has 2 aromatic carbocycles. The summed E-state index contributed by atoms with van der Waals surface area (Å²) < 4.78 is 50.4. The van der Waals surface area contributed by atoms with Gasteiger partial charge in [-0.25, -0.2) is 27.6 Å². The fourth-order valence-electron chi connectivity index (χ4n) is 3.27. The first-order valence-electron chi connectivity index (χ1n) is 9.20. The fraction of sp³-hybridized carbons (Fsp3) is 0.200. The molecule has 1 aliphatic heterocycles. The summed E-state index contributed by atoms with van der Waals surface area (Å²) in [5.74, 6) is -2.98. The molecule has 0 spiro atoms. The number of carbonyl (C=O) groups is 2. The van der Waals surface area contributed by atoms with Crippen LogP contribution in [-0.2, 0) is 9.53 Å². The fourth-order valence-corrected chi connectivity index (χ4v) is 3.27. The van der Waals surface area contributed by atoms with Gasteiger partial charge in [-0.15, -0.1) is 0 Å². The zero-order chi connectivity index (χ0) is 22.1. The summed E-state index contributed by atoms with van der Waals surface area (Å²) >= 11 is 0. The monoisotopic (exact) mass is 431 g/mol. The van der Waals surface area contributed by atoms with E-state index in [-0.39, 0.29) is 35.9 Å². The first kappa shape index (κ1) is 20.4. The number of hydrogen-bond donors (Lipinski definition) is 1. The van der Waals surface area contributed by atoms with Gasteiger partial charge in [0.2, 0.25) is 5.91 Å². The Hall–Kier alpha value is -3.89. The molecule has 1 saturated heterocycles. The number of amides is 2. The molecule has 0 bridgehead atoms. The molecular weight excluding hydrogens is 415 g/mol. The van der Waals surface area contributed by atoms with E-state index in [0.29, 0.717) is 0 Å². The molecule has 0 unspecified atom stereocenters. The van der Waals surface area contributed by atoms with Crippen LogP contribution in [-0.4, -0.2) is 46.0 Å². The molecule has 2 amide bonds. The average Bonchev–Trinajstić information content (AvgIpc) is 3.36. The summed E-state index contributed by atoms with van der Waals surface area (Å²) in [7, 11) is 0. The van der Waals surface area contributed by atoms with Crippen LogP contribution in [0.1, 0.15) is 6.92 Å². The third-order valence-electron chi connectivity index (χ3n) is 4.69. The molecule has 0 radical (unpaired) electrons. The second kappa shape index (κ2) is 8.09. The first-order valence-corrected chi connectivity index (χ1v) is 9.20. The van der Waals surface area contributed by atoms with Crippen LogP contribution in [0.25, 0.3) is 16.8 Å². The van der Waals surface area contributed by atoms with E-state index in [9.17, 15) is 22.8 Å². The second-order valence-electron chi connectivity index (χ2n) is 6.84. The van der Waals surface area contributed by atoms with Crippen molar-refractivity contribution >= 4 is 17.7 Å². The van der Waals surface area contributed by atoms with E-state index < -0.39 is 35.2 Å². The van der Waals surface area contributed by atoms with Crippen LogP contribution in [0.3, 0.4) is 0 Å². The highest BCUT2D eigenvalue weighted by Crippen LogP contribution is 2.33. The Morgan fingerprint density at radius 1 is 1.19 bits per heavy atom. The molecule has 1 aliphatic rings. The molecular formula is C20H16F3N5O3. The van der Waals surface area contributed by atoms with E-state index in [1.165, 1.54) is 36.4 Å². The minimum atomic E-state index is -0.971. The Labute approximate surface area is 174 Å². The molecule has 160 valence electrons. The van der Waals surface area contributed by atoms with Crippen molar-refractivity contribution in [1.29, 1.82) is 0 Å². The molecule has 1 fully saturated rings. The molecule has 3 aromatic rings. The molecule has 0 saturated carbocycles. The van der Waals surface area contributed by atoms with E-state index in [1.807, 2.05) is 0 Å². The van der Waals surface area contributed by atoms with Crippen LogP contribution in [0, 0.1) is 17.5 Å². The van der Waals surface area contributed by atoms with Gasteiger partial charge >= 0.3 is 6.09 Å². The van der Waals surface area contributed by atoms with Crippen LogP contribution in [0.2, 0.25) is 0 Å². The van der Waals surface area contributed by atoms with Crippen LogP contribution in [0.15, 0.2) is 43.0 Å². The number of benzene rings is 2. The van der Waals surface area contributed by atoms with Crippen LogP contribution in [0.4, 0.5) is 23.7 Å². The van der Waals surface area contributed by atoms with E-state index in [1.54, 1.807) is 0 Å². The zero-order valence-corrected chi connectivity index (χ0v) is 16.2. The topological polar surface area (TPSA) is 89.4 Å². The maximum Gasteiger partial charge on any atom is 0.414 e. The summed E-state index contributed by atoms with van der Waals surface area (Å²) in [5.41, 5.74) is -0.428. The van der Waals surface area contributed by atoms with Crippen molar-refractivity contribution in [1.82, 2.24) is 20.1 Å². The normalized spacial score (nSPS) is 15.8. The third-order valence-corrected chi connectivity index (χ3v) is 4.69. The Balaban J connectivity index is 1.60. The van der Waals surface area contributed by atoms with Crippen molar-refractivity contribution in [3.8, 4) is 16.8 Å². The molecule has 2 heterocycles. The lowest BCUT2D eigenvalue weighted by Gasteiger charge is -2.16. The number of rotatable bonds is 5. The Kier molecular flexibility index (Phi) is 5.32. The van der Waals surface area contributed by atoms with Gasteiger partial charge < -0.3 is 10.1 Å². The molecule has 4 rings (SSSR count). The third kappa shape index (κ3) is 4.06. The van der Waals surface area contributed by atoms with E-state index in [2.05, 4.69) is 15.4 Å².